The van der Waals surface area contributed by atoms with Crippen LogP contribution in [0.4, 0.5) is 0 Å². The minimum atomic E-state index is -0.384. The Morgan fingerprint density at radius 2 is 1.89 bits per heavy atom. The Morgan fingerprint density at radius 3 is 2.44 bits per heavy atom. The van der Waals surface area contributed by atoms with E-state index in [1.54, 1.807) is 19.5 Å². The zero-order valence-electron chi connectivity index (χ0n) is 16.4. The van der Waals surface area contributed by atoms with Gasteiger partial charge in [0, 0.05) is 18.2 Å². The average molecular weight is 364 g/mol. The highest BCUT2D eigenvalue weighted by atomic mass is 16.2. The molecule has 0 unspecified atom stereocenters. The first kappa shape index (κ1) is 20.2. The number of carbonyl (C=O) groups is 2. The molecule has 1 heterocycles. The summed E-state index contributed by atoms with van der Waals surface area (Å²) in [7, 11) is 3.54. The second kappa shape index (κ2) is 8.53. The van der Waals surface area contributed by atoms with Crippen LogP contribution in [0.3, 0.4) is 0 Å². The molecular formula is C20H25BN4O2. The SMILES string of the molecule is B/C(=C(/NC)C(=O)N/C(C=O)=C\c1nc[nH]c1C(C)(C)C)c1ccccc1. The molecule has 0 bridgehead atoms. The number of hydrogen-bond donors (Lipinski definition) is 3. The second-order valence-corrected chi connectivity index (χ2v) is 7.20. The van der Waals surface area contributed by atoms with Gasteiger partial charge in [-0.3, -0.25) is 9.59 Å². The van der Waals surface area contributed by atoms with Crippen LogP contribution in [0, 0.1) is 0 Å². The molecule has 0 saturated heterocycles. The fourth-order valence-electron chi connectivity index (χ4n) is 2.76. The van der Waals surface area contributed by atoms with Crippen molar-refractivity contribution in [2.24, 2.45) is 0 Å². The number of benzene rings is 1. The average Bonchev–Trinajstić information content (AvgIpc) is 3.11. The van der Waals surface area contributed by atoms with E-state index in [1.165, 1.54) is 0 Å². The van der Waals surface area contributed by atoms with Crippen molar-refractivity contribution >= 4 is 31.6 Å². The molecule has 0 aliphatic carbocycles. The first-order chi connectivity index (χ1) is 12.8. The number of nitrogens with one attached hydrogen (secondary N) is 3. The predicted molar refractivity (Wildman–Crippen MR) is 110 cm³/mol. The lowest BCUT2D eigenvalue weighted by Crippen LogP contribution is -2.31. The number of aromatic nitrogens is 2. The first-order valence-electron chi connectivity index (χ1n) is 8.74. The van der Waals surface area contributed by atoms with Gasteiger partial charge < -0.3 is 15.6 Å². The van der Waals surface area contributed by atoms with Crippen LogP contribution in [0.15, 0.2) is 48.1 Å². The number of aldehydes is 1. The van der Waals surface area contributed by atoms with Crippen LogP contribution in [-0.4, -0.2) is 37.1 Å². The number of likely N-dealkylation sites (N-methyl/N-ethyl adjacent to an activating group) is 1. The molecule has 3 N–H and O–H groups in total. The molecule has 7 heteroatoms. The Hall–Kier alpha value is -3.09. The topological polar surface area (TPSA) is 86.9 Å². The fourth-order valence-corrected chi connectivity index (χ4v) is 2.76. The quantitative estimate of drug-likeness (QED) is 0.413. The number of imidazole rings is 1. The van der Waals surface area contributed by atoms with Gasteiger partial charge in [-0.1, -0.05) is 56.6 Å². The van der Waals surface area contributed by atoms with Crippen molar-refractivity contribution in [3.8, 4) is 0 Å². The molecule has 27 heavy (non-hydrogen) atoms. The second-order valence-electron chi connectivity index (χ2n) is 7.20. The largest absolute Gasteiger partial charge is 0.384 e. The highest BCUT2D eigenvalue weighted by Crippen LogP contribution is 2.24. The van der Waals surface area contributed by atoms with E-state index in [0.29, 0.717) is 17.7 Å². The molecular weight excluding hydrogens is 339 g/mol. The number of rotatable bonds is 6. The van der Waals surface area contributed by atoms with Crippen molar-refractivity contribution in [1.82, 2.24) is 20.6 Å². The number of nitrogens with zero attached hydrogens (tertiary/aromatic N) is 1. The molecule has 0 saturated carbocycles. The molecule has 1 aromatic carbocycles. The van der Waals surface area contributed by atoms with Crippen molar-refractivity contribution in [3.63, 3.8) is 0 Å². The maximum atomic E-state index is 12.7. The zero-order valence-corrected chi connectivity index (χ0v) is 16.4. The monoisotopic (exact) mass is 364 g/mol. The molecule has 0 spiro atoms. The van der Waals surface area contributed by atoms with Crippen LogP contribution in [-0.2, 0) is 15.0 Å². The van der Waals surface area contributed by atoms with E-state index in [0.717, 1.165) is 16.7 Å². The molecule has 0 atom stereocenters. The summed E-state index contributed by atoms with van der Waals surface area (Å²) in [6.45, 7) is 6.13. The highest BCUT2D eigenvalue weighted by Gasteiger charge is 2.20. The molecule has 1 aromatic heterocycles. The summed E-state index contributed by atoms with van der Waals surface area (Å²) in [6.07, 6.45) is 3.77. The van der Waals surface area contributed by atoms with Crippen LogP contribution in [0.5, 0.6) is 0 Å². The maximum Gasteiger partial charge on any atom is 0.271 e. The zero-order chi connectivity index (χ0) is 20.0. The summed E-state index contributed by atoms with van der Waals surface area (Å²) in [5.74, 6) is -0.384. The van der Waals surface area contributed by atoms with E-state index >= 15 is 0 Å². The number of aromatic amines is 1. The van der Waals surface area contributed by atoms with Crippen LogP contribution >= 0.6 is 0 Å². The number of hydrogen-bond acceptors (Lipinski definition) is 4. The lowest BCUT2D eigenvalue weighted by Gasteiger charge is -2.17. The van der Waals surface area contributed by atoms with Gasteiger partial charge in [0.2, 0.25) is 0 Å². The van der Waals surface area contributed by atoms with Crippen molar-refractivity contribution in [3.05, 3.63) is 65.0 Å². The van der Waals surface area contributed by atoms with Gasteiger partial charge in [0.25, 0.3) is 5.91 Å². The smallest absolute Gasteiger partial charge is 0.271 e. The molecule has 140 valence electrons. The predicted octanol–water partition coefficient (Wildman–Crippen LogP) is 1.58. The first-order valence-corrected chi connectivity index (χ1v) is 8.74. The van der Waals surface area contributed by atoms with Crippen LogP contribution in [0.1, 0.15) is 37.7 Å². The summed E-state index contributed by atoms with van der Waals surface area (Å²) in [5.41, 5.74) is 3.60. The van der Waals surface area contributed by atoms with Crippen molar-refractivity contribution < 1.29 is 9.59 Å². The van der Waals surface area contributed by atoms with Crippen molar-refractivity contribution in [2.45, 2.75) is 26.2 Å². The number of carbonyl (C=O) groups excluding carboxylic acids is 2. The molecule has 1 amide bonds. The Balaban J connectivity index is 2.31. The van der Waals surface area contributed by atoms with Gasteiger partial charge in [-0.2, -0.15) is 0 Å². The van der Waals surface area contributed by atoms with E-state index in [4.69, 9.17) is 0 Å². The van der Waals surface area contributed by atoms with Gasteiger partial charge in [-0.15, -0.1) is 0 Å². The van der Waals surface area contributed by atoms with Crippen LogP contribution in [0.2, 0.25) is 0 Å². The molecule has 6 nitrogen and oxygen atoms in total. The number of H-pyrrole nitrogens is 1. The summed E-state index contributed by atoms with van der Waals surface area (Å²) >= 11 is 0. The molecule has 0 aliphatic rings. The van der Waals surface area contributed by atoms with E-state index in [-0.39, 0.29) is 17.0 Å². The minimum Gasteiger partial charge on any atom is -0.384 e. The van der Waals surface area contributed by atoms with E-state index in [2.05, 4.69) is 20.6 Å². The van der Waals surface area contributed by atoms with E-state index in [9.17, 15) is 9.59 Å². The number of allylic oxidation sites excluding steroid dienone is 1. The normalized spacial score (nSPS) is 13.0. The summed E-state index contributed by atoms with van der Waals surface area (Å²) in [6, 6.07) is 9.59. The lowest BCUT2D eigenvalue weighted by molar-refractivity contribution is -0.118. The third kappa shape index (κ3) is 4.97. The van der Waals surface area contributed by atoms with Gasteiger partial charge in [0.05, 0.1) is 23.4 Å². The van der Waals surface area contributed by atoms with E-state index < -0.39 is 0 Å². The van der Waals surface area contributed by atoms with E-state index in [1.807, 2.05) is 58.9 Å². The Bertz CT molecular complexity index is 877. The van der Waals surface area contributed by atoms with Crippen LogP contribution < -0.4 is 10.6 Å². The molecule has 0 radical (unpaired) electrons. The van der Waals surface area contributed by atoms with Gasteiger partial charge >= 0.3 is 0 Å². The lowest BCUT2D eigenvalue weighted by atomic mass is 9.86. The number of amides is 1. The molecule has 0 fully saturated rings. The summed E-state index contributed by atoms with van der Waals surface area (Å²) < 4.78 is 0. The Labute approximate surface area is 160 Å². The molecule has 0 aliphatic heterocycles. The van der Waals surface area contributed by atoms with Gasteiger partial charge in [0.1, 0.15) is 7.85 Å². The van der Waals surface area contributed by atoms with Gasteiger partial charge in [-0.05, 0) is 11.6 Å². The third-order valence-corrected chi connectivity index (χ3v) is 4.15. The summed E-state index contributed by atoms with van der Waals surface area (Å²) in [4.78, 5) is 31.6. The maximum absolute atomic E-state index is 12.7. The van der Waals surface area contributed by atoms with Crippen molar-refractivity contribution in [2.75, 3.05) is 7.05 Å². The van der Waals surface area contributed by atoms with Crippen molar-refractivity contribution in [1.29, 1.82) is 0 Å². The standard InChI is InChI=1S/C20H25BN4O2/c1-20(2,3)18-15(23-12-24-18)10-14(11-26)25-19(27)17(22-4)16(21)13-8-6-5-7-9-13/h5-12,22H,21H2,1-4H3,(H,23,24)(H,25,27)/b14-10-,17-16+. The fraction of sp³-hybridized carbons (Fsp3) is 0.250. The third-order valence-electron chi connectivity index (χ3n) is 4.15. The Kier molecular flexibility index (Phi) is 6.39. The summed E-state index contributed by atoms with van der Waals surface area (Å²) in [5, 5.41) is 5.59. The minimum absolute atomic E-state index is 0.145. The van der Waals surface area contributed by atoms with Gasteiger partial charge in [-0.25, -0.2) is 4.98 Å². The molecule has 2 aromatic rings. The molecule has 2 rings (SSSR count). The Morgan fingerprint density at radius 1 is 1.22 bits per heavy atom. The highest BCUT2D eigenvalue weighted by molar-refractivity contribution is 6.45. The van der Waals surface area contributed by atoms with Gasteiger partial charge in [0.15, 0.2) is 6.29 Å². The van der Waals surface area contributed by atoms with Crippen LogP contribution in [0.25, 0.3) is 11.5 Å².